The number of hydrogen-bond acceptors (Lipinski definition) is 8. The Balaban J connectivity index is 0.000000412. The zero-order valence-corrected chi connectivity index (χ0v) is 19.5. The van der Waals surface area contributed by atoms with Crippen molar-refractivity contribution in [3.05, 3.63) is 59.7 Å². The molecule has 0 aliphatic carbocycles. The fourth-order valence-corrected chi connectivity index (χ4v) is 2.35. The van der Waals surface area contributed by atoms with Gasteiger partial charge in [-0.25, -0.2) is 14.4 Å². The van der Waals surface area contributed by atoms with Crippen LogP contribution in [0.4, 0.5) is 4.79 Å². The molecule has 0 aliphatic heterocycles. The van der Waals surface area contributed by atoms with E-state index in [4.69, 9.17) is 14.6 Å². The van der Waals surface area contributed by atoms with Crippen LogP contribution in [0.2, 0.25) is 0 Å². The molecule has 0 saturated carbocycles. The number of carbonyl (C=O) groups excluding carboxylic acids is 3. The number of carbonyl (C=O) groups is 3. The highest BCUT2D eigenvalue weighted by Crippen LogP contribution is 2.14. The zero-order valence-electron chi connectivity index (χ0n) is 19.5. The Hall–Kier alpha value is -3.75. The minimum Gasteiger partial charge on any atom is -0.508 e. The summed E-state index contributed by atoms with van der Waals surface area (Å²) in [5.41, 5.74) is 0.286. The molecule has 0 saturated heterocycles. The molecule has 0 fully saturated rings. The molecular weight excluding hydrogens is 430 g/mol. The second-order valence-electron chi connectivity index (χ2n) is 7.69. The molecule has 1 amide bonds. The van der Waals surface area contributed by atoms with Crippen LogP contribution in [0.1, 0.15) is 47.9 Å². The van der Waals surface area contributed by atoms with Crippen LogP contribution in [0.3, 0.4) is 0 Å². The highest BCUT2D eigenvalue weighted by atomic mass is 16.6. The maximum Gasteiger partial charge on any atom is 0.407 e. The summed E-state index contributed by atoms with van der Waals surface area (Å²) in [6.07, 6.45) is 0.182. The van der Waals surface area contributed by atoms with Gasteiger partial charge in [0.25, 0.3) is 0 Å². The molecule has 0 bridgehead atoms. The Kier molecular flexibility index (Phi) is 11.3. The Morgan fingerprint density at radius 3 is 2.03 bits per heavy atom. The third kappa shape index (κ3) is 11.4. The minimum absolute atomic E-state index is 0.0629. The van der Waals surface area contributed by atoms with Gasteiger partial charge < -0.3 is 29.4 Å². The number of rotatable bonds is 7. The molecule has 2 N–H and O–H groups in total. The van der Waals surface area contributed by atoms with Crippen LogP contribution in [0.5, 0.6) is 11.5 Å². The monoisotopic (exact) mass is 461 g/mol. The summed E-state index contributed by atoms with van der Waals surface area (Å²) in [5.74, 6) is -0.203. The molecule has 2 aromatic carbocycles. The Morgan fingerprint density at radius 2 is 1.48 bits per heavy atom. The van der Waals surface area contributed by atoms with Gasteiger partial charge in [-0.2, -0.15) is 0 Å². The molecule has 180 valence electrons. The molecule has 0 aliphatic rings. The molecule has 9 heteroatoms. The second-order valence-corrected chi connectivity index (χ2v) is 7.69. The first kappa shape index (κ1) is 27.3. The van der Waals surface area contributed by atoms with E-state index in [1.165, 1.54) is 26.4 Å². The van der Waals surface area contributed by atoms with Gasteiger partial charge in [0.05, 0.1) is 32.0 Å². The SMILES string of the molecule is COC(=O)c1cccc(O)c1.COC(=O)c1cccc(OCCCNC(=O)OC(C)(C)C)c1. The Morgan fingerprint density at radius 1 is 0.909 bits per heavy atom. The maximum atomic E-state index is 11.4. The first-order chi connectivity index (χ1) is 15.6. The van der Waals surface area contributed by atoms with Gasteiger partial charge in [-0.15, -0.1) is 0 Å². The third-order valence-electron chi connectivity index (χ3n) is 3.78. The summed E-state index contributed by atoms with van der Waals surface area (Å²) in [7, 11) is 2.63. The molecule has 0 unspecified atom stereocenters. The standard InChI is InChI=1S/C16H23NO5.C8H8O3/c1-16(2,3)22-15(19)17-9-6-10-21-13-8-5-7-12(11-13)14(18)20-4;1-11-8(10)6-3-2-4-7(9)5-6/h5,7-8,11H,6,9-10H2,1-4H3,(H,17,19);2-5,9H,1H3. The number of benzene rings is 2. The van der Waals surface area contributed by atoms with E-state index in [2.05, 4.69) is 14.8 Å². The fraction of sp³-hybridized carbons (Fsp3) is 0.375. The van der Waals surface area contributed by atoms with Crippen LogP contribution in [0.15, 0.2) is 48.5 Å². The van der Waals surface area contributed by atoms with Crippen molar-refractivity contribution in [2.45, 2.75) is 32.8 Å². The second kappa shape index (κ2) is 13.6. The number of aromatic hydroxyl groups is 1. The largest absolute Gasteiger partial charge is 0.508 e. The molecule has 9 nitrogen and oxygen atoms in total. The summed E-state index contributed by atoms with van der Waals surface area (Å²) in [6, 6.07) is 12.8. The van der Waals surface area contributed by atoms with Gasteiger partial charge in [-0.3, -0.25) is 0 Å². The quantitative estimate of drug-likeness (QED) is 0.361. The predicted molar refractivity (Wildman–Crippen MR) is 122 cm³/mol. The number of esters is 2. The molecule has 0 spiro atoms. The summed E-state index contributed by atoms with van der Waals surface area (Å²) < 4.78 is 19.7. The molecule has 0 aromatic heterocycles. The average Bonchev–Trinajstić information content (AvgIpc) is 2.77. The van der Waals surface area contributed by atoms with Crippen molar-refractivity contribution in [2.75, 3.05) is 27.4 Å². The predicted octanol–water partition coefficient (Wildman–Crippen LogP) is 3.95. The van der Waals surface area contributed by atoms with Crippen LogP contribution in [-0.2, 0) is 14.2 Å². The van der Waals surface area contributed by atoms with Crippen LogP contribution in [0, 0.1) is 0 Å². The van der Waals surface area contributed by atoms with Gasteiger partial charge in [0, 0.05) is 6.54 Å². The third-order valence-corrected chi connectivity index (χ3v) is 3.78. The zero-order chi connectivity index (χ0) is 24.9. The number of alkyl carbamates (subject to hydrolysis) is 1. The van der Waals surface area contributed by atoms with Crippen molar-refractivity contribution in [1.29, 1.82) is 0 Å². The van der Waals surface area contributed by atoms with Gasteiger partial charge in [-0.1, -0.05) is 12.1 Å². The van der Waals surface area contributed by atoms with Gasteiger partial charge in [-0.05, 0) is 63.6 Å². The van der Waals surface area contributed by atoms with E-state index in [1.807, 2.05) is 20.8 Å². The molecular formula is C24H31NO8. The summed E-state index contributed by atoms with van der Waals surface area (Å²) in [5, 5.41) is 11.6. The van der Waals surface area contributed by atoms with E-state index in [-0.39, 0.29) is 5.75 Å². The number of nitrogens with one attached hydrogen (secondary N) is 1. The number of methoxy groups -OCH3 is 2. The van der Waals surface area contributed by atoms with Gasteiger partial charge >= 0.3 is 18.0 Å². The van der Waals surface area contributed by atoms with Gasteiger partial charge in [0.2, 0.25) is 0 Å². The maximum absolute atomic E-state index is 11.4. The molecule has 2 rings (SSSR count). The van der Waals surface area contributed by atoms with Gasteiger partial charge in [0.15, 0.2) is 0 Å². The van der Waals surface area contributed by atoms with E-state index < -0.39 is 23.6 Å². The number of phenolic OH excluding ortho intramolecular Hbond substituents is 1. The first-order valence-electron chi connectivity index (χ1n) is 10.2. The fourth-order valence-electron chi connectivity index (χ4n) is 2.35. The van der Waals surface area contributed by atoms with E-state index in [1.54, 1.807) is 36.4 Å². The van der Waals surface area contributed by atoms with Crippen molar-refractivity contribution >= 4 is 18.0 Å². The number of hydrogen-bond donors (Lipinski definition) is 2. The molecule has 0 atom stereocenters. The average molecular weight is 462 g/mol. The lowest BCUT2D eigenvalue weighted by atomic mass is 10.2. The summed E-state index contributed by atoms with van der Waals surface area (Å²) in [4.78, 5) is 33.6. The molecule has 2 aromatic rings. The lowest BCUT2D eigenvalue weighted by molar-refractivity contribution is 0.0523. The van der Waals surface area contributed by atoms with E-state index in [9.17, 15) is 14.4 Å². The van der Waals surface area contributed by atoms with E-state index >= 15 is 0 Å². The van der Waals surface area contributed by atoms with Crippen LogP contribution in [0.25, 0.3) is 0 Å². The van der Waals surface area contributed by atoms with Crippen molar-refractivity contribution in [2.24, 2.45) is 0 Å². The van der Waals surface area contributed by atoms with Crippen LogP contribution >= 0.6 is 0 Å². The lowest BCUT2D eigenvalue weighted by Crippen LogP contribution is -2.33. The summed E-state index contributed by atoms with van der Waals surface area (Å²) in [6.45, 7) is 6.30. The van der Waals surface area contributed by atoms with Crippen LogP contribution < -0.4 is 10.1 Å². The van der Waals surface area contributed by atoms with Crippen molar-refractivity contribution < 1.29 is 38.4 Å². The van der Waals surface area contributed by atoms with E-state index in [0.717, 1.165) is 0 Å². The Labute approximate surface area is 193 Å². The van der Waals surface area contributed by atoms with Crippen molar-refractivity contribution in [3.63, 3.8) is 0 Å². The number of ether oxygens (including phenoxy) is 4. The van der Waals surface area contributed by atoms with Crippen molar-refractivity contribution in [1.82, 2.24) is 5.32 Å². The van der Waals surface area contributed by atoms with E-state index in [0.29, 0.717) is 36.4 Å². The first-order valence-corrected chi connectivity index (χ1v) is 10.2. The highest BCUT2D eigenvalue weighted by Gasteiger charge is 2.15. The summed E-state index contributed by atoms with van der Waals surface area (Å²) >= 11 is 0. The normalized spacial score (nSPS) is 10.2. The van der Waals surface area contributed by atoms with Crippen LogP contribution in [-0.4, -0.2) is 56.1 Å². The van der Waals surface area contributed by atoms with Crippen molar-refractivity contribution in [3.8, 4) is 11.5 Å². The number of amides is 1. The highest BCUT2D eigenvalue weighted by molar-refractivity contribution is 5.90. The molecule has 0 radical (unpaired) electrons. The molecule has 33 heavy (non-hydrogen) atoms. The molecule has 0 heterocycles. The topological polar surface area (TPSA) is 120 Å². The smallest absolute Gasteiger partial charge is 0.407 e. The Bertz CT molecular complexity index is 921. The van der Waals surface area contributed by atoms with Gasteiger partial charge in [0.1, 0.15) is 17.1 Å². The number of phenols is 1. The minimum atomic E-state index is -0.505. The lowest BCUT2D eigenvalue weighted by Gasteiger charge is -2.19.